The van der Waals surface area contributed by atoms with Crippen molar-refractivity contribution >= 4 is 12.4 Å². The first kappa shape index (κ1) is 12.8. The maximum absolute atomic E-state index is 10.8. The molecule has 0 N–H and O–H groups in total. The Bertz CT molecular complexity index is 454. The van der Waals surface area contributed by atoms with Crippen molar-refractivity contribution in [1.82, 2.24) is 0 Å². The van der Waals surface area contributed by atoms with Crippen molar-refractivity contribution in [2.75, 3.05) is 13.2 Å². The first-order valence-electron chi connectivity index (χ1n) is 5.10. The van der Waals surface area contributed by atoms with E-state index in [-0.39, 0.29) is 13.2 Å². The molecule has 0 aliphatic heterocycles. The van der Waals surface area contributed by atoms with E-state index < -0.39 is 6.16 Å². The molecule has 0 heterocycles. The third-order valence-electron chi connectivity index (χ3n) is 1.84. The van der Waals surface area contributed by atoms with Gasteiger partial charge in [0, 0.05) is 11.1 Å². The van der Waals surface area contributed by atoms with Crippen molar-refractivity contribution in [3.63, 3.8) is 0 Å². The van der Waals surface area contributed by atoms with Crippen LogP contribution in [0.25, 0.3) is 0 Å². The zero-order chi connectivity index (χ0) is 12.5. The van der Waals surface area contributed by atoms with Gasteiger partial charge in [-0.15, -0.1) is 0 Å². The van der Waals surface area contributed by atoms with Crippen molar-refractivity contribution < 1.29 is 19.1 Å². The van der Waals surface area contributed by atoms with Gasteiger partial charge >= 0.3 is 6.16 Å². The molecule has 1 rings (SSSR count). The minimum Gasteiger partial charge on any atom is -0.435 e. The second-order valence-electron chi connectivity index (χ2n) is 2.98. The number of carbonyl (C=O) groups is 2. The van der Waals surface area contributed by atoms with Gasteiger partial charge < -0.3 is 9.47 Å². The smallest absolute Gasteiger partial charge is 0.435 e. The summed E-state index contributed by atoms with van der Waals surface area (Å²) >= 11 is 0. The van der Waals surface area contributed by atoms with Crippen LogP contribution in [0.15, 0.2) is 24.3 Å². The SMILES string of the molecule is CCOC(=O)OCC#Cc1ccccc1C=O. The minimum atomic E-state index is -0.745. The fourth-order valence-electron chi connectivity index (χ4n) is 1.10. The molecule has 4 nitrogen and oxygen atoms in total. The molecule has 0 aromatic heterocycles. The van der Waals surface area contributed by atoms with Gasteiger partial charge in [-0.3, -0.25) is 4.79 Å². The van der Waals surface area contributed by atoms with Crippen LogP contribution in [-0.2, 0) is 9.47 Å². The summed E-state index contributed by atoms with van der Waals surface area (Å²) in [6.07, 6.45) is -0.0126. The Hall–Kier alpha value is -2.28. The molecule has 0 fully saturated rings. The largest absolute Gasteiger partial charge is 0.509 e. The van der Waals surface area contributed by atoms with Gasteiger partial charge in [0.15, 0.2) is 12.9 Å². The standard InChI is InChI=1S/C13H12O4/c1-2-16-13(15)17-9-5-8-11-6-3-4-7-12(11)10-14/h3-4,6-7,10H,2,9H2,1H3. The van der Waals surface area contributed by atoms with Crippen LogP contribution in [0.1, 0.15) is 22.8 Å². The van der Waals surface area contributed by atoms with Crippen LogP contribution in [0.2, 0.25) is 0 Å². The fraction of sp³-hybridized carbons (Fsp3) is 0.231. The van der Waals surface area contributed by atoms with Gasteiger partial charge in [-0.1, -0.05) is 30.0 Å². The van der Waals surface area contributed by atoms with E-state index in [1.165, 1.54) is 0 Å². The fourth-order valence-corrected chi connectivity index (χ4v) is 1.10. The van der Waals surface area contributed by atoms with Crippen LogP contribution in [0.3, 0.4) is 0 Å². The summed E-state index contributed by atoms with van der Waals surface area (Å²) in [6.45, 7) is 1.89. The maximum atomic E-state index is 10.8. The molecule has 4 heteroatoms. The predicted octanol–water partition coefficient (Wildman–Crippen LogP) is 2.02. The second kappa shape index (κ2) is 7.07. The topological polar surface area (TPSA) is 52.6 Å². The number of carbonyl (C=O) groups excluding carboxylic acids is 2. The zero-order valence-electron chi connectivity index (χ0n) is 9.43. The number of hydrogen-bond acceptors (Lipinski definition) is 4. The molecule has 0 saturated carbocycles. The quantitative estimate of drug-likeness (QED) is 0.454. The molecular formula is C13H12O4. The van der Waals surface area contributed by atoms with E-state index in [0.717, 1.165) is 6.29 Å². The predicted molar refractivity (Wildman–Crippen MR) is 61.7 cm³/mol. The third-order valence-corrected chi connectivity index (χ3v) is 1.84. The molecule has 88 valence electrons. The lowest BCUT2D eigenvalue weighted by atomic mass is 10.1. The van der Waals surface area contributed by atoms with Gasteiger partial charge in [0.2, 0.25) is 0 Å². The Labute approximate surface area is 99.5 Å². The molecule has 0 saturated heterocycles. The van der Waals surface area contributed by atoms with Crippen molar-refractivity contribution in [2.45, 2.75) is 6.92 Å². The number of rotatable bonds is 3. The summed E-state index contributed by atoms with van der Waals surface area (Å²) in [5.74, 6) is 5.38. The van der Waals surface area contributed by atoms with E-state index in [1.807, 2.05) is 0 Å². The average Bonchev–Trinajstić information content (AvgIpc) is 2.35. The van der Waals surface area contributed by atoms with Crippen molar-refractivity contribution in [3.8, 4) is 11.8 Å². The van der Waals surface area contributed by atoms with E-state index in [1.54, 1.807) is 31.2 Å². The lowest BCUT2D eigenvalue weighted by Crippen LogP contribution is -2.06. The summed E-state index contributed by atoms with van der Waals surface area (Å²) in [5.41, 5.74) is 1.12. The van der Waals surface area contributed by atoms with Crippen LogP contribution < -0.4 is 0 Å². The molecular weight excluding hydrogens is 220 g/mol. The molecule has 0 spiro atoms. The Balaban J connectivity index is 2.54. The number of benzene rings is 1. The van der Waals surface area contributed by atoms with Gasteiger partial charge in [0.25, 0.3) is 0 Å². The molecule has 0 atom stereocenters. The molecule has 1 aromatic carbocycles. The molecule has 1 aromatic rings. The summed E-state index contributed by atoms with van der Waals surface area (Å²) in [7, 11) is 0. The average molecular weight is 232 g/mol. The highest BCUT2D eigenvalue weighted by Gasteiger charge is 1.99. The summed E-state index contributed by atoms with van der Waals surface area (Å²) < 4.78 is 9.21. The highest BCUT2D eigenvalue weighted by molar-refractivity contribution is 5.79. The molecule has 0 amide bonds. The molecule has 17 heavy (non-hydrogen) atoms. The van der Waals surface area contributed by atoms with E-state index in [9.17, 15) is 9.59 Å². The lowest BCUT2D eigenvalue weighted by molar-refractivity contribution is 0.0686. The second-order valence-corrected chi connectivity index (χ2v) is 2.98. The molecule has 0 radical (unpaired) electrons. The normalized spacial score (nSPS) is 8.76. The molecule has 0 unspecified atom stereocenters. The monoisotopic (exact) mass is 232 g/mol. The summed E-state index contributed by atoms with van der Waals surface area (Å²) in [4.78, 5) is 21.5. The van der Waals surface area contributed by atoms with Crippen LogP contribution >= 0.6 is 0 Å². The molecule has 0 aliphatic carbocycles. The maximum Gasteiger partial charge on any atom is 0.509 e. The highest BCUT2D eigenvalue weighted by Crippen LogP contribution is 2.03. The van der Waals surface area contributed by atoms with E-state index in [0.29, 0.717) is 11.1 Å². The molecule has 0 bridgehead atoms. The number of hydrogen-bond donors (Lipinski definition) is 0. The Morgan fingerprint density at radius 2 is 2.12 bits per heavy atom. The third kappa shape index (κ3) is 4.39. The van der Waals surface area contributed by atoms with Gasteiger partial charge in [-0.2, -0.15) is 0 Å². The lowest BCUT2D eigenvalue weighted by Gasteiger charge is -1.99. The Morgan fingerprint density at radius 3 is 2.82 bits per heavy atom. The van der Waals surface area contributed by atoms with Gasteiger partial charge in [0.05, 0.1) is 6.61 Å². The summed E-state index contributed by atoms with van der Waals surface area (Å²) in [6, 6.07) is 6.93. The van der Waals surface area contributed by atoms with Crippen LogP contribution in [-0.4, -0.2) is 25.7 Å². The zero-order valence-corrected chi connectivity index (χ0v) is 9.43. The molecule has 0 aliphatic rings. The van der Waals surface area contributed by atoms with E-state index in [4.69, 9.17) is 0 Å². The van der Waals surface area contributed by atoms with Crippen LogP contribution in [0.5, 0.6) is 0 Å². The van der Waals surface area contributed by atoms with Gasteiger partial charge in [-0.25, -0.2) is 4.79 Å². The van der Waals surface area contributed by atoms with Gasteiger partial charge in [-0.05, 0) is 13.0 Å². The van der Waals surface area contributed by atoms with E-state index in [2.05, 4.69) is 21.3 Å². The van der Waals surface area contributed by atoms with Crippen LogP contribution in [0, 0.1) is 11.8 Å². The van der Waals surface area contributed by atoms with Crippen molar-refractivity contribution in [1.29, 1.82) is 0 Å². The highest BCUT2D eigenvalue weighted by atomic mass is 16.7. The number of ether oxygens (including phenoxy) is 2. The number of aldehydes is 1. The van der Waals surface area contributed by atoms with Gasteiger partial charge in [0.1, 0.15) is 0 Å². The first-order chi connectivity index (χ1) is 8.27. The summed E-state index contributed by atoms with van der Waals surface area (Å²) in [5, 5.41) is 0. The Morgan fingerprint density at radius 1 is 1.35 bits per heavy atom. The Kier molecular flexibility index (Phi) is 5.32. The van der Waals surface area contributed by atoms with E-state index >= 15 is 0 Å². The van der Waals surface area contributed by atoms with Crippen molar-refractivity contribution in [2.24, 2.45) is 0 Å². The van der Waals surface area contributed by atoms with Crippen LogP contribution in [0.4, 0.5) is 4.79 Å². The minimum absolute atomic E-state index is 0.0635. The van der Waals surface area contributed by atoms with Crippen molar-refractivity contribution in [3.05, 3.63) is 35.4 Å². The first-order valence-corrected chi connectivity index (χ1v) is 5.10.